The van der Waals surface area contributed by atoms with Crippen LogP contribution in [-0.2, 0) is 6.18 Å². The highest BCUT2D eigenvalue weighted by Crippen LogP contribution is 2.36. The van der Waals surface area contributed by atoms with E-state index in [0.29, 0.717) is 11.3 Å². The lowest BCUT2D eigenvalue weighted by molar-refractivity contribution is -0.137. The number of alkyl halides is 3. The van der Waals surface area contributed by atoms with Gasteiger partial charge in [-0.3, -0.25) is 4.98 Å². The average Bonchev–Trinajstić information content (AvgIpc) is 3.46. The molecule has 2 amide bonds. The van der Waals surface area contributed by atoms with Crippen molar-refractivity contribution in [2.75, 3.05) is 29.6 Å². The van der Waals surface area contributed by atoms with Crippen molar-refractivity contribution in [1.82, 2.24) is 29.5 Å². The van der Waals surface area contributed by atoms with Gasteiger partial charge in [0.15, 0.2) is 5.65 Å². The van der Waals surface area contributed by atoms with E-state index < -0.39 is 17.8 Å². The molecule has 2 aromatic carbocycles. The number of carbonyl (C=O) groups excluding carboxylic acids is 1. The van der Waals surface area contributed by atoms with Gasteiger partial charge in [-0.2, -0.15) is 18.3 Å². The minimum atomic E-state index is -4.55. The second-order valence-corrected chi connectivity index (χ2v) is 9.97. The maximum atomic E-state index is 13.4. The Hall–Kier alpha value is -6.05. The van der Waals surface area contributed by atoms with Crippen LogP contribution < -0.4 is 20.3 Å². The molecular weight excluding hydrogens is 587 g/mol. The number of hydrogen-bond acceptors (Lipinski definition) is 8. The summed E-state index contributed by atoms with van der Waals surface area (Å²) in [4.78, 5) is 31.6. The number of pyridine rings is 1. The first-order valence-corrected chi connectivity index (χ1v) is 13.5. The van der Waals surface area contributed by atoms with Crippen molar-refractivity contribution in [2.45, 2.75) is 6.18 Å². The molecule has 226 valence electrons. The van der Waals surface area contributed by atoms with E-state index in [-0.39, 0.29) is 22.9 Å². The minimum absolute atomic E-state index is 0.0450. The average molecular weight is 612 g/mol. The van der Waals surface area contributed by atoms with Crippen LogP contribution in [0.25, 0.3) is 27.9 Å². The molecule has 0 bridgehead atoms. The van der Waals surface area contributed by atoms with Crippen LogP contribution in [-0.4, -0.2) is 49.7 Å². The van der Waals surface area contributed by atoms with Crippen molar-refractivity contribution in [3.63, 3.8) is 0 Å². The number of nitrogens with zero attached hydrogens (tertiary/aromatic N) is 7. The van der Waals surface area contributed by atoms with E-state index in [9.17, 15) is 18.0 Å². The van der Waals surface area contributed by atoms with Gasteiger partial charge in [-0.15, -0.1) is 0 Å². The summed E-state index contributed by atoms with van der Waals surface area (Å²) in [5.74, 6) is 1.30. The lowest BCUT2D eigenvalue weighted by Gasteiger charge is -2.15. The first-order chi connectivity index (χ1) is 21.6. The van der Waals surface area contributed by atoms with Gasteiger partial charge in [0.1, 0.15) is 11.6 Å². The van der Waals surface area contributed by atoms with Gasteiger partial charge in [-0.05, 0) is 48.0 Å². The Bertz CT molecular complexity index is 1960. The second-order valence-electron chi connectivity index (χ2n) is 9.97. The highest BCUT2D eigenvalue weighted by atomic mass is 19.4. The Morgan fingerprint density at radius 2 is 1.67 bits per heavy atom. The van der Waals surface area contributed by atoms with Crippen molar-refractivity contribution in [3.05, 3.63) is 103 Å². The molecule has 4 aromatic heterocycles. The van der Waals surface area contributed by atoms with E-state index in [1.807, 2.05) is 43.4 Å². The number of fused-ring (bicyclic) bond motifs is 1. The van der Waals surface area contributed by atoms with Gasteiger partial charge in [0.05, 0.1) is 35.5 Å². The number of carbonyl (C=O) groups is 1. The van der Waals surface area contributed by atoms with Gasteiger partial charge in [-0.1, -0.05) is 18.2 Å². The topological polar surface area (TPSA) is 122 Å². The number of anilines is 3. The molecule has 6 aromatic rings. The molecule has 45 heavy (non-hydrogen) atoms. The fourth-order valence-corrected chi connectivity index (χ4v) is 4.43. The summed E-state index contributed by atoms with van der Waals surface area (Å²) in [5.41, 5.74) is 2.60. The normalized spacial score (nSPS) is 11.3. The zero-order chi connectivity index (χ0) is 31.6. The van der Waals surface area contributed by atoms with Crippen LogP contribution in [0.1, 0.15) is 5.56 Å². The highest BCUT2D eigenvalue weighted by molar-refractivity contribution is 6.02. The van der Waals surface area contributed by atoms with Crippen molar-refractivity contribution in [2.24, 2.45) is 0 Å². The predicted molar refractivity (Wildman–Crippen MR) is 162 cm³/mol. The zero-order valence-corrected chi connectivity index (χ0v) is 23.8. The Balaban J connectivity index is 1.11. The van der Waals surface area contributed by atoms with E-state index in [1.165, 1.54) is 30.9 Å². The van der Waals surface area contributed by atoms with Gasteiger partial charge >= 0.3 is 18.2 Å². The smallest absolute Gasteiger partial charge is 0.416 e. The van der Waals surface area contributed by atoms with Crippen LogP contribution in [0, 0.1) is 0 Å². The Kier molecular flexibility index (Phi) is 7.69. The van der Waals surface area contributed by atoms with Gasteiger partial charge in [-0.25, -0.2) is 24.3 Å². The van der Waals surface area contributed by atoms with Crippen LogP contribution in [0.2, 0.25) is 0 Å². The van der Waals surface area contributed by atoms with Crippen LogP contribution >= 0.6 is 0 Å². The molecule has 0 unspecified atom stereocenters. The monoisotopic (exact) mass is 611 g/mol. The maximum absolute atomic E-state index is 13.4. The lowest BCUT2D eigenvalue weighted by Crippen LogP contribution is -2.20. The van der Waals surface area contributed by atoms with Crippen molar-refractivity contribution in [1.29, 1.82) is 0 Å². The molecule has 0 saturated carbocycles. The van der Waals surface area contributed by atoms with Gasteiger partial charge in [0, 0.05) is 49.4 Å². The third-order valence-corrected chi connectivity index (χ3v) is 6.64. The molecule has 0 saturated heterocycles. The summed E-state index contributed by atoms with van der Waals surface area (Å²) in [5, 5.41) is 9.52. The van der Waals surface area contributed by atoms with E-state index >= 15 is 0 Å². The van der Waals surface area contributed by atoms with Crippen molar-refractivity contribution in [3.8, 4) is 34.0 Å². The van der Waals surface area contributed by atoms with Crippen LogP contribution in [0.15, 0.2) is 97.8 Å². The fraction of sp³-hybridized carbons (Fsp3) is 0.0968. The fourth-order valence-electron chi connectivity index (χ4n) is 4.43. The van der Waals surface area contributed by atoms with Gasteiger partial charge in [0.25, 0.3) is 0 Å². The number of urea groups is 1. The highest BCUT2D eigenvalue weighted by Gasteiger charge is 2.31. The lowest BCUT2D eigenvalue weighted by atomic mass is 10.0. The largest absolute Gasteiger partial charge is 0.424 e. The first-order valence-electron chi connectivity index (χ1n) is 13.5. The molecule has 0 aliphatic rings. The van der Waals surface area contributed by atoms with Crippen LogP contribution in [0.5, 0.6) is 11.8 Å². The van der Waals surface area contributed by atoms with Crippen molar-refractivity contribution < 1.29 is 22.7 Å². The molecule has 0 aliphatic heterocycles. The van der Waals surface area contributed by atoms with E-state index in [1.54, 1.807) is 35.0 Å². The third kappa shape index (κ3) is 6.49. The minimum Gasteiger partial charge on any atom is -0.424 e. The molecule has 2 N–H and O–H groups in total. The SMILES string of the molecule is CN(C)c1ccn2ncc(-c3ccc(Oc4ncc(NC(=O)Nc5ccc(C(F)(F)F)cc5-c5cccnc5)cn4)cc3)c2n1. The van der Waals surface area contributed by atoms with Gasteiger partial charge in [0.2, 0.25) is 0 Å². The Labute approximate surface area is 254 Å². The molecule has 0 spiro atoms. The first kappa shape index (κ1) is 29.0. The summed E-state index contributed by atoms with van der Waals surface area (Å²) in [6.07, 6.45) is 4.66. The Morgan fingerprint density at radius 1 is 0.889 bits per heavy atom. The maximum Gasteiger partial charge on any atom is 0.416 e. The third-order valence-electron chi connectivity index (χ3n) is 6.64. The summed E-state index contributed by atoms with van der Waals surface area (Å²) in [7, 11) is 3.84. The zero-order valence-electron chi connectivity index (χ0n) is 23.8. The summed E-state index contributed by atoms with van der Waals surface area (Å²) >= 11 is 0. The Morgan fingerprint density at radius 3 is 2.36 bits per heavy atom. The van der Waals surface area contributed by atoms with E-state index in [0.717, 1.165) is 34.7 Å². The quantitative estimate of drug-likeness (QED) is 0.203. The molecule has 11 nitrogen and oxygen atoms in total. The van der Waals surface area contributed by atoms with Gasteiger partial charge < -0.3 is 20.3 Å². The summed E-state index contributed by atoms with van der Waals surface area (Å²) in [6, 6.07) is 14.7. The number of aromatic nitrogens is 6. The number of ether oxygens (including phenoxy) is 1. The number of rotatable bonds is 7. The van der Waals surface area contributed by atoms with E-state index in [2.05, 4.69) is 35.7 Å². The molecule has 0 aliphatic carbocycles. The number of halogens is 3. The molecule has 14 heteroatoms. The number of amides is 2. The number of benzene rings is 2. The molecule has 0 radical (unpaired) electrons. The van der Waals surface area contributed by atoms with E-state index in [4.69, 9.17) is 4.74 Å². The standard InChI is InChI=1S/C31H24F3N9O2/c1-42(2)27-11-13-43-28(41-27)25(18-38-43)19-5-8-23(9-6-19)45-30-36-16-22(17-37-30)39-29(44)40-26-10-7-21(31(32,33)34)14-24(26)20-4-3-12-35-15-20/h3-18H,1-2H3,(H2,39,40,44). The summed E-state index contributed by atoms with van der Waals surface area (Å²) in [6.45, 7) is 0. The molecule has 4 heterocycles. The molecule has 6 rings (SSSR count). The van der Waals surface area contributed by atoms with Crippen LogP contribution in [0.3, 0.4) is 0 Å². The number of hydrogen-bond donors (Lipinski definition) is 2. The molecular formula is C31H24F3N9O2. The molecule has 0 fully saturated rings. The summed E-state index contributed by atoms with van der Waals surface area (Å²) < 4.78 is 47.5. The van der Waals surface area contributed by atoms with Crippen LogP contribution in [0.4, 0.5) is 35.2 Å². The van der Waals surface area contributed by atoms with Crippen molar-refractivity contribution >= 4 is 28.9 Å². The predicted octanol–water partition coefficient (Wildman–Crippen LogP) is 6.77. The number of nitrogens with one attached hydrogen (secondary N) is 2. The molecule has 0 atom stereocenters. The second kappa shape index (κ2) is 11.9.